The van der Waals surface area contributed by atoms with Gasteiger partial charge in [0.05, 0.1) is 6.07 Å². The van der Waals surface area contributed by atoms with Crippen LogP contribution in [0, 0.1) is 16.7 Å². The number of carbonyl (C=O) groups is 2. The van der Waals surface area contributed by atoms with Gasteiger partial charge in [-0.15, -0.1) is 0 Å². The van der Waals surface area contributed by atoms with Crippen molar-refractivity contribution in [1.29, 1.82) is 5.26 Å². The van der Waals surface area contributed by atoms with Gasteiger partial charge in [-0.1, -0.05) is 41.9 Å². The second kappa shape index (κ2) is 6.46. The summed E-state index contributed by atoms with van der Waals surface area (Å²) in [6.07, 6.45) is 0.236. The van der Waals surface area contributed by atoms with Crippen LogP contribution in [-0.4, -0.2) is 18.2 Å². The molecule has 0 bridgehead atoms. The fraction of sp³-hybridized carbons (Fsp3) is 0.211. The zero-order valence-corrected chi connectivity index (χ0v) is 13.7. The van der Waals surface area contributed by atoms with Crippen LogP contribution in [0.3, 0.4) is 0 Å². The monoisotopic (exact) mass is 338 g/mol. The number of halogens is 1. The number of hydrogen-bond donors (Lipinski definition) is 0. The van der Waals surface area contributed by atoms with Crippen molar-refractivity contribution in [2.75, 3.05) is 11.4 Å². The summed E-state index contributed by atoms with van der Waals surface area (Å²) >= 11 is 5.87. The van der Waals surface area contributed by atoms with E-state index in [1.807, 2.05) is 6.07 Å². The Bertz CT molecular complexity index is 812. The number of amides is 1. The first-order valence-electron chi connectivity index (χ1n) is 7.63. The highest BCUT2D eigenvalue weighted by Gasteiger charge is 2.49. The topological polar surface area (TPSA) is 61.2 Å². The van der Waals surface area contributed by atoms with Crippen molar-refractivity contribution in [3.63, 3.8) is 0 Å². The number of nitriles is 1. The number of nitrogens with zero attached hydrogens (tertiary/aromatic N) is 2. The molecule has 2 aromatic rings. The van der Waals surface area contributed by atoms with Crippen LogP contribution in [-0.2, 0) is 4.79 Å². The fourth-order valence-corrected chi connectivity index (χ4v) is 3.07. The summed E-state index contributed by atoms with van der Waals surface area (Å²) in [4.78, 5) is 26.8. The highest BCUT2D eigenvalue weighted by atomic mass is 35.5. The number of carbonyl (C=O) groups excluding carboxylic acids is 2. The second-order valence-electron chi connectivity index (χ2n) is 5.84. The summed E-state index contributed by atoms with van der Waals surface area (Å²) in [5, 5.41) is 10.2. The van der Waals surface area contributed by atoms with Gasteiger partial charge < -0.3 is 4.90 Å². The first kappa shape index (κ1) is 16.2. The molecule has 1 aliphatic heterocycles. The van der Waals surface area contributed by atoms with E-state index in [2.05, 4.69) is 6.07 Å². The minimum Gasteiger partial charge on any atom is -0.311 e. The molecule has 1 atom stereocenters. The van der Waals surface area contributed by atoms with Crippen LogP contribution >= 0.6 is 11.6 Å². The Morgan fingerprint density at radius 3 is 2.46 bits per heavy atom. The van der Waals surface area contributed by atoms with Crippen LogP contribution in [0.25, 0.3) is 0 Å². The number of rotatable bonds is 4. The van der Waals surface area contributed by atoms with Crippen LogP contribution in [0.4, 0.5) is 5.69 Å². The van der Waals surface area contributed by atoms with E-state index in [-0.39, 0.29) is 18.1 Å². The Balaban J connectivity index is 1.83. The van der Waals surface area contributed by atoms with Gasteiger partial charge in [-0.3, -0.25) is 9.59 Å². The Kier molecular flexibility index (Phi) is 4.37. The van der Waals surface area contributed by atoms with Crippen molar-refractivity contribution in [3.8, 4) is 6.07 Å². The number of ketones is 1. The van der Waals surface area contributed by atoms with Crippen molar-refractivity contribution >= 4 is 29.0 Å². The molecule has 0 radical (unpaired) electrons. The number of Topliss-reactive ketones (excluding diaryl/α,β-unsaturated/α-hetero) is 1. The summed E-state index contributed by atoms with van der Waals surface area (Å²) in [5.41, 5.74) is -0.0921. The molecule has 0 aliphatic carbocycles. The van der Waals surface area contributed by atoms with Gasteiger partial charge in [0, 0.05) is 29.2 Å². The quantitative estimate of drug-likeness (QED) is 0.795. The van der Waals surface area contributed by atoms with E-state index in [1.54, 1.807) is 53.4 Å². The molecule has 0 aromatic heterocycles. The lowest BCUT2D eigenvalue weighted by Gasteiger charge is -2.21. The molecule has 0 N–H and O–H groups in total. The molecule has 2 aromatic carbocycles. The standard InChI is InChI=1S/C19H15ClN2O2/c20-15-6-8-16(9-7-15)22-11-10-19(13-21,18(22)24)12-17(23)14-4-2-1-3-5-14/h1-9H,10-12H2. The molecule has 5 heteroatoms. The maximum Gasteiger partial charge on any atom is 0.248 e. The predicted molar refractivity (Wildman–Crippen MR) is 91.9 cm³/mol. The SMILES string of the molecule is N#CC1(CC(=O)c2ccccc2)CCN(c2ccc(Cl)cc2)C1=O. The average Bonchev–Trinajstić information content (AvgIpc) is 2.93. The third-order valence-corrected chi connectivity index (χ3v) is 4.58. The van der Waals surface area contributed by atoms with Crippen molar-refractivity contribution in [2.24, 2.45) is 5.41 Å². The largest absolute Gasteiger partial charge is 0.311 e. The number of anilines is 1. The summed E-state index contributed by atoms with van der Waals surface area (Å²) in [6, 6.07) is 17.7. The van der Waals surface area contributed by atoms with Crippen LogP contribution < -0.4 is 4.90 Å². The smallest absolute Gasteiger partial charge is 0.248 e. The van der Waals surface area contributed by atoms with Gasteiger partial charge in [-0.2, -0.15) is 5.26 Å². The van der Waals surface area contributed by atoms with E-state index in [0.29, 0.717) is 29.2 Å². The maximum absolute atomic E-state index is 12.8. The predicted octanol–water partition coefficient (Wildman–Crippen LogP) is 3.86. The van der Waals surface area contributed by atoms with Gasteiger partial charge in [0.2, 0.25) is 5.91 Å². The van der Waals surface area contributed by atoms with Crippen molar-refractivity contribution in [3.05, 3.63) is 65.2 Å². The molecule has 1 aliphatic rings. The zero-order chi connectivity index (χ0) is 17.2. The lowest BCUT2D eigenvalue weighted by atomic mass is 9.81. The maximum atomic E-state index is 12.8. The second-order valence-corrected chi connectivity index (χ2v) is 6.28. The van der Waals surface area contributed by atoms with Crippen molar-refractivity contribution < 1.29 is 9.59 Å². The molecule has 0 spiro atoms. The highest BCUT2D eigenvalue weighted by Crippen LogP contribution is 2.38. The summed E-state index contributed by atoms with van der Waals surface area (Å²) in [5.74, 6) is -0.514. The summed E-state index contributed by atoms with van der Waals surface area (Å²) in [6.45, 7) is 0.413. The van der Waals surface area contributed by atoms with Gasteiger partial charge in [0.15, 0.2) is 5.78 Å². The summed E-state index contributed by atoms with van der Waals surface area (Å²) in [7, 11) is 0. The van der Waals surface area contributed by atoms with Gasteiger partial charge in [0.1, 0.15) is 5.41 Å². The van der Waals surface area contributed by atoms with E-state index < -0.39 is 5.41 Å². The number of hydrogen-bond acceptors (Lipinski definition) is 3. The summed E-state index contributed by atoms with van der Waals surface area (Å²) < 4.78 is 0. The molecular formula is C19H15ClN2O2. The van der Waals surface area contributed by atoms with Crippen LogP contribution in [0.1, 0.15) is 23.2 Å². The molecule has 3 rings (SSSR count). The Hall–Kier alpha value is -2.64. The van der Waals surface area contributed by atoms with E-state index >= 15 is 0 Å². The molecule has 1 saturated heterocycles. The third kappa shape index (κ3) is 2.91. The minimum absolute atomic E-state index is 0.101. The average molecular weight is 339 g/mol. The Morgan fingerprint density at radius 1 is 1.17 bits per heavy atom. The zero-order valence-electron chi connectivity index (χ0n) is 12.9. The lowest BCUT2D eigenvalue weighted by molar-refractivity contribution is -0.123. The normalized spacial score (nSPS) is 20.0. The first-order chi connectivity index (χ1) is 11.6. The highest BCUT2D eigenvalue weighted by molar-refractivity contribution is 6.30. The molecule has 120 valence electrons. The third-order valence-electron chi connectivity index (χ3n) is 4.33. The molecule has 1 amide bonds. The van der Waals surface area contributed by atoms with Crippen molar-refractivity contribution in [1.82, 2.24) is 0 Å². The van der Waals surface area contributed by atoms with E-state index in [1.165, 1.54) is 0 Å². The molecule has 24 heavy (non-hydrogen) atoms. The van der Waals surface area contributed by atoms with E-state index in [4.69, 9.17) is 11.6 Å². The lowest BCUT2D eigenvalue weighted by Crippen LogP contribution is -2.35. The van der Waals surface area contributed by atoms with Crippen LogP contribution in [0.15, 0.2) is 54.6 Å². The minimum atomic E-state index is -1.30. The number of benzene rings is 2. The molecule has 1 unspecified atom stereocenters. The molecule has 1 heterocycles. The molecule has 1 fully saturated rings. The van der Waals surface area contributed by atoms with E-state index in [9.17, 15) is 14.9 Å². The van der Waals surface area contributed by atoms with Gasteiger partial charge in [0.25, 0.3) is 0 Å². The van der Waals surface area contributed by atoms with Gasteiger partial charge in [-0.25, -0.2) is 0 Å². The van der Waals surface area contributed by atoms with Crippen LogP contribution in [0.5, 0.6) is 0 Å². The first-order valence-corrected chi connectivity index (χ1v) is 8.00. The van der Waals surface area contributed by atoms with Crippen molar-refractivity contribution in [2.45, 2.75) is 12.8 Å². The van der Waals surface area contributed by atoms with Crippen LogP contribution in [0.2, 0.25) is 5.02 Å². The molecule has 0 saturated carbocycles. The Labute approximate surface area is 145 Å². The van der Waals surface area contributed by atoms with Gasteiger partial charge >= 0.3 is 0 Å². The van der Waals surface area contributed by atoms with E-state index in [0.717, 1.165) is 0 Å². The Morgan fingerprint density at radius 2 is 1.83 bits per heavy atom. The molecule has 4 nitrogen and oxygen atoms in total. The molecular weight excluding hydrogens is 324 g/mol. The fourth-order valence-electron chi connectivity index (χ4n) is 2.94. The van der Waals surface area contributed by atoms with Gasteiger partial charge in [-0.05, 0) is 30.7 Å².